The molecule has 0 unspecified atom stereocenters. The van der Waals surface area contributed by atoms with Gasteiger partial charge in [0.15, 0.2) is 5.82 Å². The van der Waals surface area contributed by atoms with Gasteiger partial charge < -0.3 is 10.3 Å². The maximum atomic E-state index is 11.9. The van der Waals surface area contributed by atoms with E-state index in [1.165, 1.54) is 0 Å². The highest BCUT2D eigenvalue weighted by Crippen LogP contribution is 2.13. The summed E-state index contributed by atoms with van der Waals surface area (Å²) in [5.74, 6) is 0.472. The van der Waals surface area contributed by atoms with E-state index in [1.54, 1.807) is 6.07 Å². The number of nitrogens with one attached hydrogen (secondary N) is 3. The van der Waals surface area contributed by atoms with Crippen molar-refractivity contribution in [2.24, 2.45) is 0 Å². The van der Waals surface area contributed by atoms with Gasteiger partial charge in [-0.25, -0.2) is 0 Å². The molecule has 0 fully saturated rings. The highest BCUT2D eigenvalue weighted by Gasteiger charge is 2.07. The molecule has 7 heteroatoms. The van der Waals surface area contributed by atoms with Gasteiger partial charge >= 0.3 is 0 Å². The molecule has 1 amide bonds. The smallest absolute Gasteiger partial charge is 0.251 e. The third-order valence-electron chi connectivity index (χ3n) is 2.84. The van der Waals surface area contributed by atoms with Crippen molar-refractivity contribution in [1.29, 1.82) is 0 Å². The van der Waals surface area contributed by atoms with Crippen LogP contribution in [0.4, 0.5) is 0 Å². The van der Waals surface area contributed by atoms with Crippen LogP contribution in [0.2, 0.25) is 0 Å². The molecule has 0 radical (unpaired) electrons. The van der Waals surface area contributed by atoms with Gasteiger partial charge in [-0.1, -0.05) is 11.3 Å². The maximum Gasteiger partial charge on any atom is 0.251 e. The average Bonchev–Trinajstić information content (AvgIpc) is 3.08. The van der Waals surface area contributed by atoms with Gasteiger partial charge in [0.1, 0.15) is 0 Å². The monoisotopic (exact) mass is 256 g/mol. The molecule has 0 saturated carbocycles. The van der Waals surface area contributed by atoms with Gasteiger partial charge in [0.25, 0.3) is 5.91 Å². The lowest BCUT2D eigenvalue weighted by Gasteiger charge is -2.03. The number of carbonyl (C=O) groups is 1. The maximum absolute atomic E-state index is 11.9. The van der Waals surface area contributed by atoms with Crippen LogP contribution >= 0.6 is 0 Å². The summed E-state index contributed by atoms with van der Waals surface area (Å²) in [5, 5.41) is 17.4. The molecule has 7 nitrogen and oxygen atoms in total. The quantitative estimate of drug-likeness (QED) is 0.638. The Balaban J connectivity index is 1.63. The minimum absolute atomic E-state index is 0.111. The van der Waals surface area contributed by atoms with E-state index in [9.17, 15) is 4.79 Å². The summed E-state index contributed by atoms with van der Waals surface area (Å²) in [6.45, 7) is 0.473. The van der Waals surface area contributed by atoms with E-state index in [4.69, 9.17) is 0 Å². The number of amides is 1. The first-order chi connectivity index (χ1) is 9.33. The Labute approximate surface area is 108 Å². The number of H-pyrrole nitrogens is 2. The van der Waals surface area contributed by atoms with Gasteiger partial charge in [-0.15, -0.1) is 10.2 Å². The molecule has 1 aromatic carbocycles. The van der Waals surface area contributed by atoms with E-state index in [2.05, 4.69) is 30.9 Å². The van der Waals surface area contributed by atoms with Crippen LogP contribution in [-0.2, 0) is 6.42 Å². The number of nitrogens with zero attached hydrogens (tertiary/aromatic N) is 3. The molecule has 3 aromatic rings. The fourth-order valence-corrected chi connectivity index (χ4v) is 1.87. The minimum Gasteiger partial charge on any atom is -0.361 e. The standard InChI is InChI=1S/C12H12N6O/c19-12(14-6-4-11-15-17-18-16-11)9-2-1-8-3-5-13-10(8)7-9/h1-3,5,7,13H,4,6H2,(H,14,19)(H,15,16,17,18). The number of aromatic nitrogens is 5. The summed E-state index contributed by atoms with van der Waals surface area (Å²) < 4.78 is 0. The minimum atomic E-state index is -0.111. The van der Waals surface area contributed by atoms with E-state index < -0.39 is 0 Å². The van der Waals surface area contributed by atoms with Crippen molar-refractivity contribution in [3.63, 3.8) is 0 Å². The number of fused-ring (bicyclic) bond motifs is 1. The van der Waals surface area contributed by atoms with Crippen LogP contribution in [0.15, 0.2) is 30.5 Å². The second-order valence-electron chi connectivity index (χ2n) is 4.11. The predicted octanol–water partition coefficient (Wildman–Crippen LogP) is 0.653. The number of hydrogen-bond acceptors (Lipinski definition) is 4. The number of tetrazole rings is 1. The van der Waals surface area contributed by atoms with Gasteiger partial charge in [-0.3, -0.25) is 4.79 Å². The van der Waals surface area contributed by atoms with Gasteiger partial charge in [0.2, 0.25) is 0 Å². The summed E-state index contributed by atoms with van der Waals surface area (Å²) in [6.07, 6.45) is 2.40. The van der Waals surface area contributed by atoms with Crippen LogP contribution in [0, 0.1) is 0 Å². The average molecular weight is 256 g/mol. The third-order valence-corrected chi connectivity index (χ3v) is 2.84. The van der Waals surface area contributed by atoms with Crippen LogP contribution in [0.3, 0.4) is 0 Å². The molecule has 0 aliphatic carbocycles. The lowest BCUT2D eigenvalue weighted by molar-refractivity contribution is 0.0954. The second-order valence-corrected chi connectivity index (χ2v) is 4.11. The Kier molecular flexibility index (Phi) is 2.93. The molecular formula is C12H12N6O. The summed E-state index contributed by atoms with van der Waals surface area (Å²) in [6, 6.07) is 7.52. The molecule has 3 rings (SSSR count). The van der Waals surface area contributed by atoms with Crippen molar-refractivity contribution in [2.45, 2.75) is 6.42 Å². The molecule has 0 bridgehead atoms. The lowest BCUT2D eigenvalue weighted by atomic mass is 10.1. The van der Waals surface area contributed by atoms with E-state index in [0.717, 1.165) is 10.9 Å². The summed E-state index contributed by atoms with van der Waals surface area (Å²) >= 11 is 0. The van der Waals surface area contributed by atoms with Crippen molar-refractivity contribution in [3.05, 3.63) is 41.9 Å². The Morgan fingerprint density at radius 3 is 3.11 bits per heavy atom. The van der Waals surface area contributed by atoms with E-state index in [-0.39, 0.29) is 5.91 Å². The zero-order valence-electron chi connectivity index (χ0n) is 10.1. The van der Waals surface area contributed by atoms with E-state index >= 15 is 0 Å². The number of carbonyl (C=O) groups excluding carboxylic acids is 1. The number of aromatic amines is 2. The third kappa shape index (κ3) is 2.44. The van der Waals surface area contributed by atoms with E-state index in [1.807, 2.05) is 24.4 Å². The summed E-state index contributed by atoms with van der Waals surface area (Å²) in [5.41, 5.74) is 1.58. The fraction of sp³-hybridized carbons (Fsp3) is 0.167. The van der Waals surface area contributed by atoms with Crippen LogP contribution < -0.4 is 5.32 Å². The SMILES string of the molecule is O=C(NCCc1nn[nH]n1)c1ccc2cc[nH]c2c1. The predicted molar refractivity (Wildman–Crippen MR) is 68.5 cm³/mol. The summed E-state index contributed by atoms with van der Waals surface area (Å²) in [7, 11) is 0. The molecular weight excluding hydrogens is 244 g/mol. The van der Waals surface area contributed by atoms with Gasteiger partial charge in [-0.05, 0) is 23.6 Å². The lowest BCUT2D eigenvalue weighted by Crippen LogP contribution is -2.25. The highest BCUT2D eigenvalue weighted by molar-refractivity contribution is 5.97. The van der Waals surface area contributed by atoms with E-state index in [0.29, 0.717) is 24.4 Å². The molecule has 0 atom stereocenters. The largest absolute Gasteiger partial charge is 0.361 e. The molecule has 0 spiro atoms. The summed E-state index contributed by atoms with van der Waals surface area (Å²) in [4.78, 5) is 15.0. The van der Waals surface area contributed by atoms with Crippen molar-refractivity contribution in [1.82, 2.24) is 30.9 Å². The van der Waals surface area contributed by atoms with Crippen LogP contribution in [0.5, 0.6) is 0 Å². The van der Waals surface area contributed by atoms with Crippen molar-refractivity contribution >= 4 is 16.8 Å². The van der Waals surface area contributed by atoms with Crippen molar-refractivity contribution < 1.29 is 4.79 Å². The molecule has 19 heavy (non-hydrogen) atoms. The first kappa shape index (κ1) is 11.4. The molecule has 2 heterocycles. The Morgan fingerprint density at radius 2 is 2.26 bits per heavy atom. The van der Waals surface area contributed by atoms with Gasteiger partial charge in [-0.2, -0.15) is 5.21 Å². The number of hydrogen-bond donors (Lipinski definition) is 3. The Hall–Kier alpha value is -2.70. The van der Waals surface area contributed by atoms with Crippen LogP contribution in [-0.4, -0.2) is 38.1 Å². The fourth-order valence-electron chi connectivity index (χ4n) is 1.87. The first-order valence-electron chi connectivity index (χ1n) is 5.90. The van der Waals surface area contributed by atoms with Gasteiger partial charge in [0.05, 0.1) is 0 Å². The number of rotatable bonds is 4. The first-order valence-corrected chi connectivity index (χ1v) is 5.90. The van der Waals surface area contributed by atoms with Crippen LogP contribution in [0.1, 0.15) is 16.2 Å². The van der Waals surface area contributed by atoms with Gasteiger partial charge in [0, 0.05) is 30.2 Å². The highest BCUT2D eigenvalue weighted by atomic mass is 16.1. The van der Waals surface area contributed by atoms with Crippen LogP contribution in [0.25, 0.3) is 10.9 Å². The molecule has 2 aromatic heterocycles. The number of benzene rings is 1. The molecule has 0 aliphatic heterocycles. The van der Waals surface area contributed by atoms with Crippen molar-refractivity contribution in [2.75, 3.05) is 6.54 Å². The second kappa shape index (κ2) is 4.89. The zero-order chi connectivity index (χ0) is 13.1. The molecule has 3 N–H and O–H groups in total. The molecule has 0 aliphatic rings. The zero-order valence-corrected chi connectivity index (χ0v) is 10.1. The topological polar surface area (TPSA) is 99.3 Å². The van der Waals surface area contributed by atoms with Crippen molar-refractivity contribution in [3.8, 4) is 0 Å². The normalized spacial score (nSPS) is 10.7. The Bertz CT molecular complexity index is 687. The Morgan fingerprint density at radius 1 is 1.32 bits per heavy atom. The molecule has 0 saturated heterocycles. The molecule has 96 valence electrons.